The van der Waals surface area contributed by atoms with E-state index in [4.69, 9.17) is 0 Å². The zero-order valence-corrected chi connectivity index (χ0v) is 16.6. The minimum atomic E-state index is -3.58. The van der Waals surface area contributed by atoms with Gasteiger partial charge in [0.15, 0.2) is 0 Å². The van der Waals surface area contributed by atoms with Gasteiger partial charge in [-0.25, -0.2) is 21.1 Å². The summed E-state index contributed by atoms with van der Waals surface area (Å²) in [7, 11) is -5.29. The third-order valence-corrected chi connectivity index (χ3v) is 8.39. The van der Waals surface area contributed by atoms with Gasteiger partial charge in [-0.1, -0.05) is 6.07 Å². The first kappa shape index (κ1) is 18.9. The van der Waals surface area contributed by atoms with Crippen molar-refractivity contribution in [2.24, 2.45) is 0 Å². The van der Waals surface area contributed by atoms with Crippen molar-refractivity contribution in [3.8, 4) is 0 Å². The van der Waals surface area contributed by atoms with Crippen LogP contribution in [-0.2, 0) is 20.0 Å². The van der Waals surface area contributed by atoms with Crippen molar-refractivity contribution in [1.82, 2.24) is 8.61 Å². The molecule has 1 aromatic carbocycles. The number of hydrogen-bond donors (Lipinski definition) is 0. The molecule has 23 heavy (non-hydrogen) atoms. The van der Waals surface area contributed by atoms with Crippen molar-refractivity contribution >= 4 is 36.0 Å². The quantitative estimate of drug-likeness (QED) is 0.738. The molecule has 1 saturated heterocycles. The van der Waals surface area contributed by atoms with E-state index in [9.17, 15) is 16.8 Å². The van der Waals surface area contributed by atoms with Gasteiger partial charge in [-0.3, -0.25) is 0 Å². The second-order valence-electron chi connectivity index (χ2n) is 5.85. The molecule has 0 radical (unpaired) electrons. The Bertz CT molecular complexity index is 785. The lowest BCUT2D eigenvalue weighted by Crippen LogP contribution is -2.46. The molecule has 0 bridgehead atoms. The van der Waals surface area contributed by atoms with Gasteiger partial charge < -0.3 is 0 Å². The second-order valence-corrected chi connectivity index (χ2v) is 10.7. The molecule has 1 heterocycles. The van der Waals surface area contributed by atoms with E-state index in [0.717, 1.165) is 5.56 Å². The van der Waals surface area contributed by atoms with E-state index in [1.807, 2.05) is 6.92 Å². The predicted molar refractivity (Wildman–Crippen MR) is 93.3 cm³/mol. The normalized spacial score (nSPS) is 18.5. The standard InChI is InChI=1S/C14H21BrN2O4S2/c1-11-4-5-14(13(15)10-11)23(20,21)17-8-6-12(7-9-17)16(2)22(3,18)19/h4-5,10,12H,6-9H2,1-3H3. The number of hydrogen-bond acceptors (Lipinski definition) is 4. The summed E-state index contributed by atoms with van der Waals surface area (Å²) in [4.78, 5) is 0.248. The van der Waals surface area contributed by atoms with Crippen LogP contribution in [0.25, 0.3) is 0 Å². The highest BCUT2D eigenvalue weighted by atomic mass is 79.9. The summed E-state index contributed by atoms with van der Waals surface area (Å²) in [5, 5.41) is 0. The van der Waals surface area contributed by atoms with Crippen LogP contribution in [0, 0.1) is 6.92 Å². The molecule has 2 rings (SSSR count). The molecule has 0 amide bonds. The van der Waals surface area contributed by atoms with E-state index in [1.54, 1.807) is 25.2 Å². The van der Waals surface area contributed by atoms with Crippen molar-refractivity contribution in [2.75, 3.05) is 26.4 Å². The predicted octanol–water partition coefficient (Wildman–Crippen LogP) is 1.80. The van der Waals surface area contributed by atoms with Gasteiger partial charge >= 0.3 is 0 Å². The number of rotatable bonds is 4. The molecular formula is C14H21BrN2O4S2. The largest absolute Gasteiger partial charge is 0.244 e. The van der Waals surface area contributed by atoms with E-state index in [2.05, 4.69) is 15.9 Å². The number of aryl methyl sites for hydroxylation is 1. The Morgan fingerprint density at radius 2 is 1.74 bits per heavy atom. The Morgan fingerprint density at radius 1 is 1.17 bits per heavy atom. The SMILES string of the molecule is Cc1ccc(S(=O)(=O)N2CCC(N(C)S(C)(=O)=O)CC2)c(Br)c1. The summed E-state index contributed by atoms with van der Waals surface area (Å²) >= 11 is 3.32. The number of sulfonamides is 2. The Labute approximate surface area is 146 Å². The van der Waals surface area contributed by atoms with Gasteiger partial charge in [-0.15, -0.1) is 0 Å². The summed E-state index contributed by atoms with van der Waals surface area (Å²) in [6.07, 6.45) is 2.15. The summed E-state index contributed by atoms with van der Waals surface area (Å²) in [6.45, 7) is 2.52. The lowest BCUT2D eigenvalue weighted by molar-refractivity contribution is 0.239. The van der Waals surface area contributed by atoms with Crippen molar-refractivity contribution in [3.63, 3.8) is 0 Å². The Morgan fingerprint density at radius 3 is 2.22 bits per heavy atom. The fourth-order valence-corrected chi connectivity index (χ4v) is 6.05. The van der Waals surface area contributed by atoms with Gasteiger partial charge in [0.2, 0.25) is 20.0 Å². The van der Waals surface area contributed by atoms with Crippen molar-refractivity contribution in [1.29, 1.82) is 0 Å². The average molecular weight is 425 g/mol. The van der Waals surface area contributed by atoms with Gasteiger partial charge in [0, 0.05) is 30.7 Å². The van der Waals surface area contributed by atoms with Gasteiger partial charge in [0.1, 0.15) is 0 Å². The molecule has 9 heteroatoms. The van der Waals surface area contributed by atoms with Crippen LogP contribution < -0.4 is 0 Å². The van der Waals surface area contributed by atoms with Gasteiger partial charge in [-0.05, 0) is 53.4 Å². The minimum absolute atomic E-state index is 0.155. The molecule has 0 aromatic heterocycles. The number of halogens is 1. The van der Waals surface area contributed by atoms with Crippen LogP contribution in [0.3, 0.4) is 0 Å². The van der Waals surface area contributed by atoms with Crippen LogP contribution in [0.1, 0.15) is 18.4 Å². The minimum Gasteiger partial charge on any atom is -0.213 e. The maximum Gasteiger partial charge on any atom is 0.244 e. The number of benzene rings is 1. The van der Waals surface area contributed by atoms with Crippen LogP contribution >= 0.6 is 15.9 Å². The molecule has 0 unspecified atom stereocenters. The molecule has 0 atom stereocenters. The third kappa shape index (κ3) is 4.14. The van der Waals surface area contributed by atoms with Gasteiger partial charge in [-0.2, -0.15) is 4.31 Å². The van der Waals surface area contributed by atoms with Crippen LogP contribution in [0.2, 0.25) is 0 Å². The zero-order chi connectivity index (χ0) is 17.4. The summed E-state index contributed by atoms with van der Waals surface area (Å²) in [5.74, 6) is 0. The van der Waals surface area contributed by atoms with E-state index in [1.165, 1.54) is 14.9 Å². The molecule has 6 nitrogen and oxygen atoms in total. The Hall–Kier alpha value is -0.480. The van der Waals surface area contributed by atoms with Crippen LogP contribution in [0.5, 0.6) is 0 Å². The molecule has 1 fully saturated rings. The first-order valence-corrected chi connectivity index (χ1v) is 11.3. The van der Waals surface area contributed by atoms with E-state index in [0.29, 0.717) is 30.4 Å². The fraction of sp³-hybridized carbons (Fsp3) is 0.571. The number of piperidine rings is 1. The molecule has 130 valence electrons. The van der Waals surface area contributed by atoms with Crippen LogP contribution in [-0.4, -0.2) is 57.9 Å². The summed E-state index contributed by atoms with van der Waals surface area (Å²) < 4.78 is 52.0. The summed E-state index contributed by atoms with van der Waals surface area (Å²) in [5.41, 5.74) is 0.976. The average Bonchev–Trinajstić information content (AvgIpc) is 2.45. The summed E-state index contributed by atoms with van der Waals surface area (Å²) in [6, 6.07) is 4.99. The van der Waals surface area contributed by atoms with Crippen LogP contribution in [0.15, 0.2) is 27.6 Å². The molecule has 0 N–H and O–H groups in total. The Kier molecular flexibility index (Phi) is 5.57. The van der Waals surface area contributed by atoms with Crippen LogP contribution in [0.4, 0.5) is 0 Å². The van der Waals surface area contributed by atoms with E-state index < -0.39 is 20.0 Å². The zero-order valence-electron chi connectivity index (χ0n) is 13.4. The van der Waals surface area contributed by atoms with Crippen molar-refractivity contribution in [3.05, 3.63) is 28.2 Å². The topological polar surface area (TPSA) is 74.8 Å². The lowest BCUT2D eigenvalue weighted by atomic mass is 10.1. The highest BCUT2D eigenvalue weighted by Gasteiger charge is 2.33. The number of nitrogens with zero attached hydrogens (tertiary/aromatic N) is 2. The first-order valence-electron chi connectivity index (χ1n) is 7.23. The molecule has 1 aliphatic heterocycles. The maximum absolute atomic E-state index is 12.8. The monoisotopic (exact) mass is 424 g/mol. The van der Waals surface area contributed by atoms with Gasteiger partial charge in [0.05, 0.1) is 11.2 Å². The van der Waals surface area contributed by atoms with E-state index >= 15 is 0 Å². The molecule has 0 spiro atoms. The molecule has 1 aliphatic rings. The second kappa shape index (κ2) is 6.79. The molecular weight excluding hydrogens is 404 g/mol. The smallest absolute Gasteiger partial charge is 0.213 e. The Balaban J connectivity index is 2.16. The van der Waals surface area contributed by atoms with Crippen molar-refractivity contribution in [2.45, 2.75) is 30.7 Å². The molecule has 0 aliphatic carbocycles. The highest BCUT2D eigenvalue weighted by molar-refractivity contribution is 9.10. The first-order chi connectivity index (χ1) is 10.5. The molecule has 1 aromatic rings. The third-order valence-electron chi connectivity index (χ3n) is 4.17. The fourth-order valence-electron chi connectivity index (χ4n) is 2.67. The highest BCUT2D eigenvalue weighted by Crippen LogP contribution is 2.29. The van der Waals surface area contributed by atoms with Gasteiger partial charge in [0.25, 0.3) is 0 Å². The maximum atomic E-state index is 12.8. The lowest BCUT2D eigenvalue weighted by Gasteiger charge is -2.35. The van der Waals surface area contributed by atoms with E-state index in [-0.39, 0.29) is 10.9 Å². The molecule has 0 saturated carbocycles. The van der Waals surface area contributed by atoms with Crippen molar-refractivity contribution < 1.29 is 16.8 Å².